The van der Waals surface area contributed by atoms with E-state index in [0.717, 1.165) is 16.6 Å². The lowest BCUT2D eigenvalue weighted by Gasteiger charge is -2.17. The zero-order valence-corrected chi connectivity index (χ0v) is 11.9. The Bertz CT molecular complexity index is 637. The number of carbonyl (C=O) groups excluding carboxylic acids is 1. The van der Waals surface area contributed by atoms with Crippen molar-refractivity contribution in [3.05, 3.63) is 17.5 Å². The van der Waals surface area contributed by atoms with Crippen LogP contribution in [0.5, 0.6) is 0 Å². The molecule has 0 aromatic carbocycles. The van der Waals surface area contributed by atoms with Gasteiger partial charge < -0.3 is 15.5 Å². The monoisotopic (exact) mass is 311 g/mol. The van der Waals surface area contributed by atoms with Gasteiger partial charge in [-0.2, -0.15) is 4.80 Å². The van der Waals surface area contributed by atoms with Gasteiger partial charge in [-0.15, -0.1) is 21.5 Å². The Balaban J connectivity index is 1.90. The first-order chi connectivity index (χ1) is 9.88. The van der Waals surface area contributed by atoms with Crippen molar-refractivity contribution in [2.75, 3.05) is 6.54 Å². The van der Waals surface area contributed by atoms with Crippen molar-refractivity contribution in [1.82, 2.24) is 25.5 Å². The average molecular weight is 311 g/mol. The van der Waals surface area contributed by atoms with Crippen LogP contribution in [0.2, 0.25) is 0 Å². The van der Waals surface area contributed by atoms with Crippen molar-refractivity contribution in [3.63, 3.8) is 0 Å². The summed E-state index contributed by atoms with van der Waals surface area (Å²) in [4.78, 5) is 24.2. The van der Waals surface area contributed by atoms with Crippen LogP contribution in [0.25, 0.3) is 10.7 Å². The van der Waals surface area contributed by atoms with Crippen LogP contribution in [0.4, 0.5) is 0 Å². The minimum absolute atomic E-state index is 0.214. The third kappa shape index (κ3) is 3.83. The van der Waals surface area contributed by atoms with Crippen LogP contribution in [0.15, 0.2) is 17.5 Å². The highest BCUT2D eigenvalue weighted by Crippen LogP contribution is 2.19. The molecule has 2 heterocycles. The van der Waals surface area contributed by atoms with Crippen LogP contribution in [0.1, 0.15) is 6.92 Å². The molecule has 0 fully saturated rings. The first-order valence-electron chi connectivity index (χ1n) is 5.92. The number of amides is 1. The summed E-state index contributed by atoms with van der Waals surface area (Å²) in [5.74, 6) is -1.52. The van der Waals surface area contributed by atoms with Crippen LogP contribution in [-0.4, -0.2) is 54.4 Å². The topological polar surface area (TPSA) is 130 Å². The highest BCUT2D eigenvalue weighted by atomic mass is 32.1. The number of aliphatic carboxylic acids is 1. The van der Waals surface area contributed by atoms with E-state index in [9.17, 15) is 14.7 Å². The van der Waals surface area contributed by atoms with Gasteiger partial charge in [-0.05, 0) is 23.6 Å². The Hall–Kier alpha value is -2.33. The fourth-order valence-electron chi connectivity index (χ4n) is 1.35. The van der Waals surface area contributed by atoms with Crippen LogP contribution >= 0.6 is 11.3 Å². The second kappa shape index (κ2) is 5.97. The number of tetrazole rings is 1. The van der Waals surface area contributed by atoms with Crippen LogP contribution in [-0.2, 0) is 16.1 Å². The summed E-state index contributed by atoms with van der Waals surface area (Å²) < 4.78 is 0. The van der Waals surface area contributed by atoms with Gasteiger partial charge in [-0.3, -0.25) is 4.79 Å². The Morgan fingerprint density at radius 1 is 1.52 bits per heavy atom. The molecular weight excluding hydrogens is 298 g/mol. The van der Waals surface area contributed by atoms with Gasteiger partial charge in [0.2, 0.25) is 11.7 Å². The van der Waals surface area contributed by atoms with Crippen molar-refractivity contribution in [2.45, 2.75) is 19.1 Å². The standard InChI is InChI=1S/C11H13N5O4S/c1-11(20,10(18)19)6-12-8(17)5-16-14-9(13-15-16)7-3-2-4-21-7/h2-4,20H,5-6H2,1H3,(H,12,17)(H,18,19). The van der Waals surface area contributed by atoms with E-state index < -0.39 is 24.0 Å². The number of aromatic nitrogens is 4. The molecule has 0 saturated heterocycles. The first-order valence-corrected chi connectivity index (χ1v) is 6.80. The molecule has 2 aromatic heterocycles. The van der Waals surface area contributed by atoms with E-state index in [1.54, 1.807) is 0 Å². The molecule has 0 saturated carbocycles. The highest BCUT2D eigenvalue weighted by molar-refractivity contribution is 7.13. The Labute approximate surface area is 123 Å². The van der Waals surface area contributed by atoms with Gasteiger partial charge in [0.25, 0.3) is 0 Å². The van der Waals surface area contributed by atoms with Crippen molar-refractivity contribution in [1.29, 1.82) is 0 Å². The number of carboxylic acid groups (broad SMARTS) is 1. The van der Waals surface area contributed by atoms with E-state index >= 15 is 0 Å². The molecule has 0 aliphatic carbocycles. The van der Waals surface area contributed by atoms with E-state index in [0.29, 0.717) is 5.82 Å². The second-order valence-electron chi connectivity index (χ2n) is 4.48. The lowest BCUT2D eigenvalue weighted by atomic mass is 10.1. The third-order valence-electron chi connectivity index (χ3n) is 2.57. The molecular formula is C11H13N5O4S. The molecule has 0 bridgehead atoms. The maximum Gasteiger partial charge on any atom is 0.337 e. The number of rotatable bonds is 6. The molecule has 21 heavy (non-hydrogen) atoms. The minimum Gasteiger partial charge on any atom is -0.479 e. The first kappa shape index (κ1) is 15.1. The molecule has 3 N–H and O–H groups in total. The summed E-state index contributed by atoms with van der Waals surface area (Å²) >= 11 is 1.45. The second-order valence-corrected chi connectivity index (χ2v) is 5.42. The van der Waals surface area contributed by atoms with E-state index in [2.05, 4.69) is 20.7 Å². The summed E-state index contributed by atoms with van der Waals surface area (Å²) in [6, 6.07) is 3.68. The van der Waals surface area contributed by atoms with Crippen LogP contribution in [0.3, 0.4) is 0 Å². The van der Waals surface area contributed by atoms with Gasteiger partial charge in [0.1, 0.15) is 6.54 Å². The summed E-state index contributed by atoms with van der Waals surface area (Å²) in [6.45, 7) is 0.472. The number of nitrogens with one attached hydrogen (secondary N) is 1. The molecule has 2 aromatic rings. The quantitative estimate of drug-likeness (QED) is 0.646. The molecule has 1 amide bonds. The lowest BCUT2D eigenvalue weighted by molar-refractivity contribution is -0.156. The maximum atomic E-state index is 11.6. The van der Waals surface area contributed by atoms with Gasteiger partial charge in [0.05, 0.1) is 11.4 Å². The molecule has 1 unspecified atom stereocenters. The van der Waals surface area contributed by atoms with Gasteiger partial charge in [0.15, 0.2) is 5.60 Å². The van der Waals surface area contributed by atoms with E-state index in [1.165, 1.54) is 11.3 Å². The molecule has 112 valence electrons. The molecule has 1 atom stereocenters. The number of hydrogen-bond donors (Lipinski definition) is 3. The zero-order chi connectivity index (χ0) is 15.5. The summed E-state index contributed by atoms with van der Waals surface area (Å²) in [7, 11) is 0. The third-order valence-corrected chi connectivity index (χ3v) is 3.44. The van der Waals surface area contributed by atoms with Gasteiger partial charge in [-0.1, -0.05) is 6.07 Å². The molecule has 10 heteroatoms. The van der Waals surface area contributed by atoms with Crippen molar-refractivity contribution >= 4 is 23.2 Å². The predicted molar refractivity (Wildman–Crippen MR) is 72.4 cm³/mol. The number of nitrogens with zero attached hydrogens (tertiary/aromatic N) is 4. The van der Waals surface area contributed by atoms with Crippen LogP contribution in [0, 0.1) is 0 Å². The van der Waals surface area contributed by atoms with Gasteiger partial charge >= 0.3 is 5.97 Å². The largest absolute Gasteiger partial charge is 0.479 e. The number of carboxylic acids is 1. The number of carbonyl (C=O) groups is 2. The SMILES string of the molecule is CC(O)(CNC(=O)Cn1nnc(-c2cccs2)n1)C(=O)O. The number of thiophene rings is 1. The number of aliphatic hydroxyl groups is 1. The van der Waals surface area contributed by atoms with E-state index in [-0.39, 0.29) is 6.54 Å². The molecule has 2 rings (SSSR count). The van der Waals surface area contributed by atoms with Crippen molar-refractivity contribution < 1.29 is 19.8 Å². The molecule has 0 radical (unpaired) electrons. The zero-order valence-electron chi connectivity index (χ0n) is 11.1. The normalized spacial score (nSPS) is 13.6. The summed E-state index contributed by atoms with van der Waals surface area (Å²) in [6.07, 6.45) is 0. The Morgan fingerprint density at radius 2 is 2.29 bits per heavy atom. The van der Waals surface area contributed by atoms with E-state index in [1.807, 2.05) is 17.5 Å². The molecule has 9 nitrogen and oxygen atoms in total. The van der Waals surface area contributed by atoms with Crippen LogP contribution < -0.4 is 5.32 Å². The fraction of sp³-hybridized carbons (Fsp3) is 0.364. The van der Waals surface area contributed by atoms with Gasteiger partial charge in [-0.25, -0.2) is 4.79 Å². The predicted octanol–water partition coefficient (Wildman–Crippen LogP) is -0.647. The van der Waals surface area contributed by atoms with Crippen molar-refractivity contribution in [2.24, 2.45) is 0 Å². The maximum absolute atomic E-state index is 11.6. The number of hydrogen-bond acceptors (Lipinski definition) is 7. The molecule has 0 aliphatic heterocycles. The van der Waals surface area contributed by atoms with Gasteiger partial charge in [0, 0.05) is 0 Å². The smallest absolute Gasteiger partial charge is 0.337 e. The Kier molecular flexibility index (Phi) is 4.29. The minimum atomic E-state index is -2.02. The summed E-state index contributed by atoms with van der Waals surface area (Å²) in [5, 5.41) is 33.9. The molecule has 0 aliphatic rings. The average Bonchev–Trinajstić information content (AvgIpc) is 3.06. The summed E-state index contributed by atoms with van der Waals surface area (Å²) in [5.41, 5.74) is -2.02. The fourth-order valence-corrected chi connectivity index (χ4v) is 1.99. The highest BCUT2D eigenvalue weighted by Gasteiger charge is 2.30. The lowest BCUT2D eigenvalue weighted by Crippen LogP contribution is -2.47. The van der Waals surface area contributed by atoms with E-state index in [4.69, 9.17) is 5.11 Å². The Morgan fingerprint density at radius 3 is 2.90 bits per heavy atom. The van der Waals surface area contributed by atoms with Crippen molar-refractivity contribution in [3.8, 4) is 10.7 Å². The molecule has 0 spiro atoms.